The van der Waals surface area contributed by atoms with E-state index in [1.54, 1.807) is 0 Å². The van der Waals surface area contributed by atoms with Crippen LogP contribution < -0.4 is 0 Å². The van der Waals surface area contributed by atoms with Crippen molar-refractivity contribution in [2.45, 2.75) is 71.8 Å². The van der Waals surface area contributed by atoms with Gasteiger partial charge in [0.1, 0.15) is 0 Å². The van der Waals surface area contributed by atoms with Crippen LogP contribution in [0.1, 0.15) is 65.7 Å². The van der Waals surface area contributed by atoms with E-state index < -0.39 is 0 Å². The Balaban J connectivity index is 2.75. The van der Waals surface area contributed by atoms with E-state index in [1.807, 2.05) is 0 Å². The van der Waals surface area contributed by atoms with Crippen molar-refractivity contribution < 1.29 is 0 Å². The Bertz CT molecular complexity index is 339. The van der Waals surface area contributed by atoms with Gasteiger partial charge in [-0.3, -0.25) is 4.90 Å². The maximum atomic E-state index is 8.95. The normalized spacial score (nSPS) is 16.4. The van der Waals surface area contributed by atoms with Crippen LogP contribution in [0.4, 0.5) is 0 Å². The van der Waals surface area contributed by atoms with E-state index in [0.29, 0.717) is 12.5 Å². The van der Waals surface area contributed by atoms with Gasteiger partial charge in [-0.25, -0.2) is 0 Å². The molecule has 0 bridgehead atoms. The van der Waals surface area contributed by atoms with Gasteiger partial charge in [-0.05, 0) is 45.2 Å². The molecule has 0 aliphatic heterocycles. The summed E-state index contributed by atoms with van der Waals surface area (Å²) >= 11 is 0. The van der Waals surface area contributed by atoms with Gasteiger partial charge in [-0.15, -0.1) is 0 Å². The molecule has 21 heavy (non-hydrogen) atoms. The molecule has 0 saturated heterocycles. The van der Waals surface area contributed by atoms with E-state index in [2.05, 4.69) is 42.7 Å². The minimum atomic E-state index is 0.617. The summed E-state index contributed by atoms with van der Waals surface area (Å²) in [6.07, 6.45) is 10.6. The largest absolute Gasteiger partial charge is 0.372 e. The van der Waals surface area contributed by atoms with Gasteiger partial charge in [-0.1, -0.05) is 33.3 Å². The van der Waals surface area contributed by atoms with E-state index in [-0.39, 0.29) is 0 Å². The van der Waals surface area contributed by atoms with Crippen molar-refractivity contribution in [3.05, 3.63) is 11.8 Å². The average Bonchev–Trinajstić information content (AvgIpc) is 2.53. The quantitative estimate of drug-likeness (QED) is 0.605. The first-order valence-corrected chi connectivity index (χ1v) is 8.81. The van der Waals surface area contributed by atoms with Crippen LogP contribution in [-0.4, -0.2) is 42.0 Å². The van der Waals surface area contributed by atoms with E-state index in [1.165, 1.54) is 44.2 Å². The molecule has 0 aromatic carbocycles. The summed E-state index contributed by atoms with van der Waals surface area (Å²) < 4.78 is 0. The van der Waals surface area contributed by atoms with Crippen molar-refractivity contribution in [2.75, 3.05) is 26.2 Å². The van der Waals surface area contributed by atoms with E-state index in [0.717, 1.165) is 26.2 Å². The van der Waals surface area contributed by atoms with Crippen LogP contribution in [-0.2, 0) is 0 Å². The second-order valence-corrected chi connectivity index (χ2v) is 5.96. The van der Waals surface area contributed by atoms with Gasteiger partial charge < -0.3 is 4.90 Å². The van der Waals surface area contributed by atoms with Crippen molar-refractivity contribution in [3.8, 4) is 6.07 Å². The van der Waals surface area contributed by atoms with Gasteiger partial charge in [0.15, 0.2) is 0 Å². The number of likely N-dealkylation sites (N-methyl/N-ethyl adjacent to an activating group) is 1. The third-order valence-electron chi connectivity index (χ3n) is 4.55. The van der Waals surface area contributed by atoms with Crippen molar-refractivity contribution >= 4 is 0 Å². The molecule has 0 amide bonds. The van der Waals surface area contributed by atoms with Crippen molar-refractivity contribution in [3.63, 3.8) is 0 Å². The van der Waals surface area contributed by atoms with Crippen molar-refractivity contribution in [1.82, 2.24) is 9.80 Å². The summed E-state index contributed by atoms with van der Waals surface area (Å²) in [5.41, 5.74) is 1.49. The van der Waals surface area contributed by atoms with Gasteiger partial charge in [-0.2, -0.15) is 5.26 Å². The molecule has 0 radical (unpaired) electrons. The van der Waals surface area contributed by atoms with Crippen LogP contribution in [0.3, 0.4) is 0 Å². The summed E-state index contributed by atoms with van der Waals surface area (Å²) in [6, 6.07) is 2.93. The Morgan fingerprint density at radius 3 is 2.52 bits per heavy atom. The molecule has 0 saturated carbocycles. The second kappa shape index (κ2) is 10.7. The van der Waals surface area contributed by atoms with Crippen LogP contribution in [0.2, 0.25) is 0 Å². The molecule has 3 nitrogen and oxygen atoms in total. The fourth-order valence-electron chi connectivity index (χ4n) is 3.36. The van der Waals surface area contributed by atoms with Crippen LogP contribution in [0, 0.1) is 11.3 Å². The lowest BCUT2D eigenvalue weighted by Gasteiger charge is -2.37. The smallest absolute Gasteiger partial charge is 0.0640 e. The second-order valence-electron chi connectivity index (χ2n) is 5.96. The molecule has 0 spiro atoms. The SMILES string of the molecule is CCCC(CN(CCC#N)C1=CCCCC1)N(CC)CC. The lowest BCUT2D eigenvalue weighted by Crippen LogP contribution is -2.44. The van der Waals surface area contributed by atoms with Crippen LogP contribution in [0.15, 0.2) is 11.8 Å². The van der Waals surface area contributed by atoms with Gasteiger partial charge in [0.05, 0.1) is 12.5 Å². The Morgan fingerprint density at radius 1 is 1.24 bits per heavy atom. The highest BCUT2D eigenvalue weighted by atomic mass is 15.2. The maximum absolute atomic E-state index is 8.95. The molecule has 1 atom stereocenters. The zero-order valence-electron chi connectivity index (χ0n) is 14.3. The summed E-state index contributed by atoms with van der Waals surface area (Å²) in [7, 11) is 0. The third kappa shape index (κ3) is 6.09. The molecular weight excluding hydrogens is 258 g/mol. The lowest BCUT2D eigenvalue weighted by molar-refractivity contribution is 0.156. The van der Waals surface area contributed by atoms with Crippen LogP contribution >= 0.6 is 0 Å². The average molecular weight is 291 g/mol. The number of hydrogen-bond acceptors (Lipinski definition) is 3. The number of rotatable bonds is 10. The van der Waals surface area contributed by atoms with Gasteiger partial charge in [0.25, 0.3) is 0 Å². The third-order valence-corrected chi connectivity index (χ3v) is 4.55. The van der Waals surface area contributed by atoms with Crippen molar-refractivity contribution in [2.24, 2.45) is 0 Å². The molecule has 0 heterocycles. The van der Waals surface area contributed by atoms with E-state index in [9.17, 15) is 0 Å². The van der Waals surface area contributed by atoms with E-state index >= 15 is 0 Å². The molecule has 3 heteroatoms. The molecule has 1 aliphatic carbocycles. The molecule has 120 valence electrons. The number of nitriles is 1. The predicted octanol–water partition coefficient (Wildman–Crippen LogP) is 4.17. The lowest BCUT2D eigenvalue weighted by atomic mass is 10.0. The zero-order valence-corrected chi connectivity index (χ0v) is 14.3. The summed E-state index contributed by atoms with van der Waals surface area (Å²) in [5, 5.41) is 8.95. The van der Waals surface area contributed by atoms with Gasteiger partial charge in [0, 0.05) is 24.8 Å². The molecule has 1 rings (SSSR count). The minimum Gasteiger partial charge on any atom is -0.372 e. The van der Waals surface area contributed by atoms with Crippen LogP contribution in [0.25, 0.3) is 0 Å². The molecule has 0 aromatic heterocycles. The van der Waals surface area contributed by atoms with Crippen molar-refractivity contribution in [1.29, 1.82) is 5.26 Å². The molecule has 0 N–H and O–H groups in total. The monoisotopic (exact) mass is 291 g/mol. The molecule has 0 aromatic rings. The fourth-order valence-corrected chi connectivity index (χ4v) is 3.36. The molecule has 1 unspecified atom stereocenters. The van der Waals surface area contributed by atoms with Gasteiger partial charge >= 0.3 is 0 Å². The standard InChI is InChI=1S/C18H33N3/c1-4-11-18(20(5-2)6-3)16-21(15-10-14-19)17-12-8-7-9-13-17/h12,18H,4-11,13,15-16H2,1-3H3. The summed E-state index contributed by atoms with van der Waals surface area (Å²) in [6.45, 7) is 11.0. The molecule has 0 fully saturated rings. The highest BCUT2D eigenvalue weighted by Crippen LogP contribution is 2.22. The first-order chi connectivity index (χ1) is 10.3. The Morgan fingerprint density at radius 2 is 2.00 bits per heavy atom. The Labute approximate surface area is 131 Å². The molecule has 1 aliphatic rings. The Kier molecular flexibility index (Phi) is 9.17. The maximum Gasteiger partial charge on any atom is 0.0640 e. The Hall–Kier alpha value is -1.01. The first kappa shape index (κ1) is 18.0. The van der Waals surface area contributed by atoms with Gasteiger partial charge in [0.2, 0.25) is 0 Å². The highest BCUT2D eigenvalue weighted by molar-refractivity contribution is 5.05. The number of hydrogen-bond donors (Lipinski definition) is 0. The first-order valence-electron chi connectivity index (χ1n) is 8.81. The van der Waals surface area contributed by atoms with E-state index in [4.69, 9.17) is 5.26 Å². The van der Waals surface area contributed by atoms with Crippen LogP contribution in [0.5, 0.6) is 0 Å². The summed E-state index contributed by atoms with van der Waals surface area (Å²) in [4.78, 5) is 5.08. The number of nitrogens with zero attached hydrogens (tertiary/aromatic N) is 3. The minimum absolute atomic E-state index is 0.617. The topological polar surface area (TPSA) is 30.3 Å². The highest BCUT2D eigenvalue weighted by Gasteiger charge is 2.20. The molecular formula is C18H33N3. The summed E-state index contributed by atoms with van der Waals surface area (Å²) in [5.74, 6) is 0. The predicted molar refractivity (Wildman–Crippen MR) is 90.0 cm³/mol. The number of allylic oxidation sites excluding steroid dienone is 2. The fraction of sp³-hybridized carbons (Fsp3) is 0.833. The zero-order chi connectivity index (χ0) is 15.5.